The Morgan fingerprint density at radius 3 is 2.90 bits per heavy atom. The number of anilines is 1. The third-order valence-corrected chi connectivity index (χ3v) is 3.90. The first-order chi connectivity index (χ1) is 9.99. The van der Waals surface area contributed by atoms with Crippen molar-refractivity contribution in [2.75, 3.05) is 5.32 Å². The molecule has 1 heterocycles. The number of hydrogen-bond donors (Lipinski definition) is 2. The normalized spacial score (nSPS) is 12.2. The summed E-state index contributed by atoms with van der Waals surface area (Å²) >= 11 is 1.26. The minimum atomic E-state index is -0.380. The second kappa shape index (κ2) is 6.71. The highest BCUT2D eigenvalue weighted by Crippen LogP contribution is 2.21. The Balaban J connectivity index is 1.97. The van der Waals surface area contributed by atoms with Gasteiger partial charge in [-0.05, 0) is 31.5 Å². The first-order valence-corrected chi connectivity index (χ1v) is 7.52. The van der Waals surface area contributed by atoms with Gasteiger partial charge in [0.15, 0.2) is 0 Å². The minimum absolute atomic E-state index is 0.217. The molecule has 2 N–H and O–H groups in total. The molecular weight excluding hydrogens is 291 g/mol. The maximum atomic E-state index is 13.4. The lowest BCUT2D eigenvalue weighted by Crippen LogP contribution is -2.22. The highest BCUT2D eigenvalue weighted by atomic mass is 32.2. The Kier molecular flexibility index (Phi) is 4.95. The number of hydrogen-bond acceptors (Lipinski definition) is 4. The lowest BCUT2D eigenvalue weighted by Gasteiger charge is -2.10. The van der Waals surface area contributed by atoms with Crippen LogP contribution in [0.1, 0.15) is 25.2 Å². The summed E-state index contributed by atoms with van der Waals surface area (Å²) in [4.78, 5) is 16.3. The molecule has 0 aliphatic heterocycles. The molecule has 0 saturated carbocycles. The summed E-state index contributed by atoms with van der Waals surface area (Å²) in [6.45, 7) is 5.40. The maximum Gasteiger partial charge on any atom is 0.237 e. The fourth-order valence-electron chi connectivity index (χ4n) is 1.61. The monoisotopic (exact) mass is 308 g/mol. The molecule has 112 valence electrons. The Hall–Kier alpha value is -1.89. The van der Waals surface area contributed by atoms with Crippen LogP contribution in [0.25, 0.3) is 0 Å². The van der Waals surface area contributed by atoms with E-state index in [4.69, 9.17) is 0 Å². The van der Waals surface area contributed by atoms with E-state index in [1.165, 1.54) is 17.8 Å². The van der Waals surface area contributed by atoms with Gasteiger partial charge in [-0.25, -0.2) is 9.37 Å². The van der Waals surface area contributed by atoms with E-state index >= 15 is 0 Å². The molecule has 2 rings (SSSR count). The lowest BCUT2D eigenvalue weighted by molar-refractivity contribution is -0.115. The molecule has 7 heteroatoms. The zero-order chi connectivity index (χ0) is 15.4. The van der Waals surface area contributed by atoms with Crippen molar-refractivity contribution in [1.29, 1.82) is 0 Å². The van der Waals surface area contributed by atoms with Gasteiger partial charge in [-0.3, -0.25) is 9.89 Å². The average molecular weight is 308 g/mol. The summed E-state index contributed by atoms with van der Waals surface area (Å²) in [6, 6.07) is 4.62. The van der Waals surface area contributed by atoms with E-state index in [0.29, 0.717) is 16.4 Å². The Labute approximate surface area is 126 Å². The number of benzene rings is 1. The smallest absolute Gasteiger partial charge is 0.237 e. The Morgan fingerprint density at radius 2 is 2.29 bits per heavy atom. The molecule has 0 aliphatic carbocycles. The van der Waals surface area contributed by atoms with E-state index < -0.39 is 0 Å². The molecule has 0 fully saturated rings. The fraction of sp³-hybridized carbons (Fsp3) is 0.357. The molecular formula is C14H17FN4OS. The van der Waals surface area contributed by atoms with Gasteiger partial charge in [-0.15, -0.1) is 5.10 Å². The molecule has 1 aromatic heterocycles. The zero-order valence-corrected chi connectivity index (χ0v) is 12.9. The quantitative estimate of drug-likeness (QED) is 0.833. The van der Waals surface area contributed by atoms with E-state index in [-0.39, 0.29) is 17.0 Å². The van der Waals surface area contributed by atoms with Crippen LogP contribution in [0.3, 0.4) is 0 Å². The number of aromatic nitrogens is 3. The van der Waals surface area contributed by atoms with Crippen molar-refractivity contribution in [3.05, 3.63) is 35.4 Å². The van der Waals surface area contributed by atoms with Crippen LogP contribution in [0.4, 0.5) is 10.1 Å². The summed E-state index contributed by atoms with van der Waals surface area (Å²) < 4.78 is 13.4. The SMILES string of the molecule is CCc1nc(S[C@H](C)C(=O)Nc2ccc(C)c(F)c2)n[nH]1. The number of rotatable bonds is 5. The summed E-state index contributed by atoms with van der Waals surface area (Å²) in [5.74, 6) is 0.228. The molecule has 0 bridgehead atoms. The van der Waals surface area contributed by atoms with Crippen molar-refractivity contribution in [1.82, 2.24) is 15.2 Å². The van der Waals surface area contributed by atoms with E-state index in [0.717, 1.165) is 12.2 Å². The van der Waals surface area contributed by atoms with Gasteiger partial charge < -0.3 is 5.32 Å². The number of carbonyl (C=O) groups is 1. The van der Waals surface area contributed by atoms with Crippen molar-refractivity contribution in [3.8, 4) is 0 Å². The van der Waals surface area contributed by atoms with Gasteiger partial charge in [0, 0.05) is 12.1 Å². The van der Waals surface area contributed by atoms with Gasteiger partial charge in [0.2, 0.25) is 11.1 Å². The van der Waals surface area contributed by atoms with Gasteiger partial charge in [-0.1, -0.05) is 24.8 Å². The third kappa shape index (κ3) is 4.04. The number of nitrogens with zero attached hydrogens (tertiary/aromatic N) is 2. The third-order valence-electron chi connectivity index (χ3n) is 2.94. The van der Waals surface area contributed by atoms with Crippen molar-refractivity contribution in [2.24, 2.45) is 0 Å². The summed E-state index contributed by atoms with van der Waals surface area (Å²) in [5.41, 5.74) is 0.989. The summed E-state index contributed by atoms with van der Waals surface area (Å²) in [5, 5.41) is 9.67. The summed E-state index contributed by atoms with van der Waals surface area (Å²) in [6.07, 6.45) is 0.761. The molecule has 21 heavy (non-hydrogen) atoms. The van der Waals surface area contributed by atoms with Crippen LogP contribution in [0, 0.1) is 12.7 Å². The van der Waals surface area contributed by atoms with Gasteiger partial charge in [0.25, 0.3) is 0 Å². The van der Waals surface area contributed by atoms with Crippen LogP contribution in [0.5, 0.6) is 0 Å². The molecule has 0 saturated heterocycles. The maximum absolute atomic E-state index is 13.4. The number of aromatic amines is 1. The second-order valence-corrected chi connectivity index (χ2v) is 5.94. The van der Waals surface area contributed by atoms with Crippen molar-refractivity contribution in [2.45, 2.75) is 37.6 Å². The first kappa shape index (κ1) is 15.5. The molecule has 1 atom stereocenters. The molecule has 1 amide bonds. The number of carbonyl (C=O) groups excluding carboxylic acids is 1. The van der Waals surface area contributed by atoms with Crippen LogP contribution in [-0.4, -0.2) is 26.3 Å². The van der Waals surface area contributed by atoms with E-state index in [1.54, 1.807) is 26.0 Å². The predicted molar refractivity (Wildman–Crippen MR) is 80.8 cm³/mol. The standard InChI is InChI=1S/C14H17FN4OS/c1-4-12-17-14(19-18-12)21-9(3)13(20)16-10-6-5-8(2)11(15)7-10/h5-7,9H,4H2,1-3H3,(H,16,20)(H,17,18,19)/t9-/m1/s1. The topological polar surface area (TPSA) is 70.7 Å². The van der Waals surface area contributed by atoms with Gasteiger partial charge in [0.05, 0.1) is 5.25 Å². The van der Waals surface area contributed by atoms with E-state index in [9.17, 15) is 9.18 Å². The molecule has 0 spiro atoms. The number of H-pyrrole nitrogens is 1. The van der Waals surface area contributed by atoms with E-state index in [2.05, 4.69) is 20.5 Å². The summed E-state index contributed by atoms with van der Waals surface area (Å²) in [7, 11) is 0. The zero-order valence-electron chi connectivity index (χ0n) is 12.1. The van der Waals surface area contributed by atoms with Crippen LogP contribution >= 0.6 is 11.8 Å². The highest BCUT2D eigenvalue weighted by Gasteiger charge is 2.17. The highest BCUT2D eigenvalue weighted by molar-refractivity contribution is 8.00. The number of amides is 1. The van der Waals surface area contributed by atoms with Gasteiger partial charge in [-0.2, -0.15) is 0 Å². The van der Waals surface area contributed by atoms with Crippen LogP contribution in [-0.2, 0) is 11.2 Å². The van der Waals surface area contributed by atoms with Crippen LogP contribution in [0.15, 0.2) is 23.4 Å². The predicted octanol–water partition coefficient (Wildman–Crippen LogP) is 2.93. The van der Waals surface area contributed by atoms with Crippen molar-refractivity contribution < 1.29 is 9.18 Å². The average Bonchev–Trinajstić information content (AvgIpc) is 2.90. The largest absolute Gasteiger partial charge is 0.325 e. The number of thioether (sulfide) groups is 1. The molecule has 1 aromatic carbocycles. The van der Waals surface area contributed by atoms with Gasteiger partial charge >= 0.3 is 0 Å². The minimum Gasteiger partial charge on any atom is -0.325 e. The van der Waals surface area contributed by atoms with E-state index in [1.807, 2.05) is 6.92 Å². The van der Waals surface area contributed by atoms with Crippen LogP contribution < -0.4 is 5.32 Å². The van der Waals surface area contributed by atoms with Crippen LogP contribution in [0.2, 0.25) is 0 Å². The Morgan fingerprint density at radius 1 is 1.52 bits per heavy atom. The first-order valence-electron chi connectivity index (χ1n) is 6.64. The molecule has 0 aliphatic rings. The van der Waals surface area contributed by atoms with Crippen molar-refractivity contribution >= 4 is 23.4 Å². The van der Waals surface area contributed by atoms with Gasteiger partial charge in [0.1, 0.15) is 11.6 Å². The lowest BCUT2D eigenvalue weighted by atomic mass is 10.2. The number of aryl methyl sites for hydroxylation is 2. The molecule has 5 nitrogen and oxygen atoms in total. The molecule has 2 aromatic rings. The number of halogens is 1. The Bertz CT molecular complexity index is 644. The molecule has 0 unspecified atom stereocenters. The number of nitrogens with one attached hydrogen (secondary N) is 2. The fourth-order valence-corrected chi connectivity index (χ4v) is 2.36. The molecule has 0 radical (unpaired) electrons. The van der Waals surface area contributed by atoms with Crippen molar-refractivity contribution in [3.63, 3.8) is 0 Å². The second-order valence-electron chi connectivity index (χ2n) is 4.63.